The van der Waals surface area contributed by atoms with E-state index in [1.807, 2.05) is 13.0 Å². The molecule has 4 N–H and O–H groups in total. The van der Waals surface area contributed by atoms with E-state index in [2.05, 4.69) is 20.4 Å². The fraction of sp³-hybridized carbons (Fsp3) is 0.571. The fourth-order valence-electron chi connectivity index (χ4n) is 2.80. The zero-order chi connectivity index (χ0) is 14.8. The van der Waals surface area contributed by atoms with Crippen LogP contribution >= 0.6 is 0 Å². The van der Waals surface area contributed by atoms with E-state index in [0.29, 0.717) is 11.7 Å². The zero-order valence-electron chi connectivity index (χ0n) is 12.3. The summed E-state index contributed by atoms with van der Waals surface area (Å²) in [6, 6.07) is 2.38. The monoisotopic (exact) mass is 290 g/mol. The number of pyridine rings is 1. The Hall–Kier alpha value is -1.86. The average Bonchev–Trinajstić information content (AvgIpc) is 2.83. The van der Waals surface area contributed by atoms with Gasteiger partial charge in [-0.1, -0.05) is 0 Å². The molecule has 0 radical (unpaired) electrons. The van der Waals surface area contributed by atoms with Crippen molar-refractivity contribution < 1.29 is 0 Å². The number of hydrogen-bond donors (Lipinski definition) is 3. The molecule has 114 valence electrons. The molecule has 1 fully saturated rings. The molecule has 3 heterocycles. The highest BCUT2D eigenvalue weighted by Gasteiger charge is 2.15. The van der Waals surface area contributed by atoms with Crippen LogP contribution in [-0.2, 0) is 0 Å². The van der Waals surface area contributed by atoms with Gasteiger partial charge >= 0.3 is 5.69 Å². The second kappa shape index (κ2) is 5.87. The largest absolute Gasteiger partial charge is 0.381 e. The lowest BCUT2D eigenvalue weighted by atomic mass is 10.1. The van der Waals surface area contributed by atoms with E-state index in [4.69, 9.17) is 5.73 Å². The summed E-state index contributed by atoms with van der Waals surface area (Å²) in [5.41, 5.74) is 8.27. The molecule has 7 heteroatoms. The highest BCUT2D eigenvalue weighted by atomic mass is 16.1. The number of H-pyrrole nitrogens is 1. The molecule has 0 spiro atoms. The molecule has 2 aromatic rings. The molecule has 1 aliphatic rings. The van der Waals surface area contributed by atoms with Gasteiger partial charge in [-0.15, -0.1) is 0 Å². The molecule has 21 heavy (non-hydrogen) atoms. The van der Waals surface area contributed by atoms with E-state index in [9.17, 15) is 4.79 Å². The molecule has 0 aliphatic carbocycles. The number of aromatic nitrogens is 3. The standard InChI is InChI=1S/C14H22N6O/c1-10-8-12(13-17-18-14(21)20(13)9-10)16-4-7-19-5-2-11(15)3-6-19/h8-9,11,16H,2-7,15H2,1H3,(H,18,21). The lowest BCUT2D eigenvalue weighted by molar-refractivity contribution is 0.220. The smallest absolute Gasteiger partial charge is 0.347 e. The summed E-state index contributed by atoms with van der Waals surface area (Å²) < 4.78 is 1.54. The summed E-state index contributed by atoms with van der Waals surface area (Å²) in [7, 11) is 0. The summed E-state index contributed by atoms with van der Waals surface area (Å²) in [5.74, 6) is 0. The molecule has 0 atom stereocenters. The Balaban J connectivity index is 1.64. The Bertz CT molecular complexity index is 668. The second-order valence-corrected chi connectivity index (χ2v) is 5.76. The number of likely N-dealkylation sites (tertiary alicyclic amines) is 1. The van der Waals surface area contributed by atoms with E-state index in [1.165, 1.54) is 4.40 Å². The van der Waals surface area contributed by atoms with Gasteiger partial charge in [-0.25, -0.2) is 14.3 Å². The van der Waals surface area contributed by atoms with Crippen molar-refractivity contribution >= 4 is 11.3 Å². The third-order valence-corrected chi connectivity index (χ3v) is 4.03. The first-order chi connectivity index (χ1) is 10.1. The molecular weight excluding hydrogens is 268 g/mol. The van der Waals surface area contributed by atoms with Crippen LogP contribution in [0.3, 0.4) is 0 Å². The summed E-state index contributed by atoms with van der Waals surface area (Å²) in [5, 5.41) is 9.93. The predicted octanol–water partition coefficient (Wildman–Crippen LogP) is 0.166. The van der Waals surface area contributed by atoms with Gasteiger partial charge in [-0.2, -0.15) is 5.10 Å². The predicted molar refractivity (Wildman–Crippen MR) is 82.7 cm³/mol. The molecule has 0 aromatic carbocycles. The maximum Gasteiger partial charge on any atom is 0.347 e. The van der Waals surface area contributed by atoms with Gasteiger partial charge in [0.15, 0.2) is 5.65 Å². The van der Waals surface area contributed by atoms with Crippen molar-refractivity contribution in [3.05, 3.63) is 28.3 Å². The topological polar surface area (TPSA) is 91.4 Å². The van der Waals surface area contributed by atoms with Gasteiger partial charge < -0.3 is 16.0 Å². The quantitative estimate of drug-likeness (QED) is 0.746. The van der Waals surface area contributed by atoms with Gasteiger partial charge in [-0.05, 0) is 44.5 Å². The Morgan fingerprint density at radius 2 is 2.24 bits per heavy atom. The minimum atomic E-state index is -0.207. The molecule has 0 amide bonds. The Morgan fingerprint density at radius 1 is 1.48 bits per heavy atom. The van der Waals surface area contributed by atoms with Crippen molar-refractivity contribution in [3.8, 4) is 0 Å². The van der Waals surface area contributed by atoms with Gasteiger partial charge in [0.05, 0.1) is 5.69 Å². The van der Waals surface area contributed by atoms with E-state index in [0.717, 1.165) is 50.3 Å². The molecule has 3 rings (SSSR count). The number of nitrogens with one attached hydrogen (secondary N) is 2. The maximum absolute atomic E-state index is 11.6. The van der Waals surface area contributed by atoms with Crippen LogP contribution in [0.2, 0.25) is 0 Å². The third kappa shape index (κ3) is 3.08. The summed E-state index contributed by atoms with van der Waals surface area (Å²) >= 11 is 0. The number of piperidine rings is 1. The van der Waals surface area contributed by atoms with Crippen molar-refractivity contribution in [1.29, 1.82) is 0 Å². The summed E-state index contributed by atoms with van der Waals surface area (Å²) in [6.45, 7) is 5.90. The lowest BCUT2D eigenvalue weighted by Gasteiger charge is -2.30. The first-order valence-corrected chi connectivity index (χ1v) is 7.42. The molecule has 0 unspecified atom stereocenters. The van der Waals surface area contributed by atoms with Crippen molar-refractivity contribution in [3.63, 3.8) is 0 Å². The summed E-state index contributed by atoms with van der Waals surface area (Å²) in [4.78, 5) is 14.0. The van der Waals surface area contributed by atoms with Crippen LogP contribution in [0.4, 0.5) is 5.69 Å². The van der Waals surface area contributed by atoms with Crippen molar-refractivity contribution in [2.45, 2.75) is 25.8 Å². The second-order valence-electron chi connectivity index (χ2n) is 5.76. The van der Waals surface area contributed by atoms with Crippen LogP contribution in [0.25, 0.3) is 5.65 Å². The number of nitrogens with two attached hydrogens (primary N) is 1. The Kier molecular flexibility index (Phi) is 3.94. The SMILES string of the molecule is Cc1cc(NCCN2CCC(N)CC2)c2n[nH]c(=O)n2c1. The lowest BCUT2D eigenvalue weighted by Crippen LogP contribution is -2.41. The normalized spacial score (nSPS) is 17.4. The van der Waals surface area contributed by atoms with Crippen molar-refractivity contribution in [2.75, 3.05) is 31.5 Å². The van der Waals surface area contributed by atoms with Crippen LogP contribution in [-0.4, -0.2) is 51.7 Å². The van der Waals surface area contributed by atoms with Gasteiger partial charge in [0.25, 0.3) is 0 Å². The van der Waals surface area contributed by atoms with Crippen LogP contribution in [0.15, 0.2) is 17.1 Å². The van der Waals surface area contributed by atoms with Crippen LogP contribution < -0.4 is 16.7 Å². The average molecular weight is 290 g/mol. The minimum absolute atomic E-state index is 0.207. The van der Waals surface area contributed by atoms with E-state index >= 15 is 0 Å². The van der Waals surface area contributed by atoms with E-state index in [1.54, 1.807) is 6.20 Å². The number of anilines is 1. The van der Waals surface area contributed by atoms with E-state index < -0.39 is 0 Å². The van der Waals surface area contributed by atoms with Gasteiger partial charge in [0, 0.05) is 25.3 Å². The Labute approximate surface area is 123 Å². The molecule has 0 saturated carbocycles. The number of fused-ring (bicyclic) bond motifs is 1. The molecular formula is C14H22N6O. The van der Waals surface area contributed by atoms with Crippen LogP contribution in [0.1, 0.15) is 18.4 Å². The van der Waals surface area contributed by atoms with E-state index in [-0.39, 0.29) is 5.69 Å². The van der Waals surface area contributed by atoms with Crippen LogP contribution in [0.5, 0.6) is 0 Å². The maximum atomic E-state index is 11.6. The first kappa shape index (κ1) is 14.1. The third-order valence-electron chi connectivity index (χ3n) is 4.03. The van der Waals surface area contributed by atoms with Gasteiger partial charge in [0.1, 0.15) is 0 Å². The fourth-order valence-corrected chi connectivity index (χ4v) is 2.80. The number of aromatic amines is 1. The molecule has 1 saturated heterocycles. The number of rotatable bonds is 4. The van der Waals surface area contributed by atoms with Gasteiger partial charge in [0.2, 0.25) is 0 Å². The highest BCUT2D eigenvalue weighted by Crippen LogP contribution is 2.15. The molecule has 0 bridgehead atoms. The minimum Gasteiger partial charge on any atom is -0.381 e. The Morgan fingerprint density at radius 3 is 3.00 bits per heavy atom. The highest BCUT2D eigenvalue weighted by molar-refractivity contribution is 5.67. The van der Waals surface area contributed by atoms with Crippen molar-refractivity contribution in [2.24, 2.45) is 5.73 Å². The van der Waals surface area contributed by atoms with Crippen LogP contribution in [0, 0.1) is 6.92 Å². The first-order valence-electron chi connectivity index (χ1n) is 7.42. The number of hydrogen-bond acceptors (Lipinski definition) is 5. The van der Waals surface area contributed by atoms with Gasteiger partial charge in [-0.3, -0.25) is 0 Å². The zero-order valence-corrected chi connectivity index (χ0v) is 12.3. The van der Waals surface area contributed by atoms with Crippen molar-refractivity contribution in [1.82, 2.24) is 19.5 Å². The molecule has 2 aromatic heterocycles. The molecule has 1 aliphatic heterocycles. The number of aryl methyl sites for hydroxylation is 1. The number of nitrogens with zero attached hydrogens (tertiary/aromatic N) is 3. The molecule has 7 nitrogen and oxygen atoms in total. The summed E-state index contributed by atoms with van der Waals surface area (Å²) in [6.07, 6.45) is 3.94.